The van der Waals surface area contributed by atoms with Crippen LogP contribution in [0.1, 0.15) is 6.42 Å². The molecule has 3 heterocycles. The fraction of sp³-hybridized carbons (Fsp3) is 1.00. The molecule has 0 aromatic rings. The molecule has 3 saturated heterocycles. The summed E-state index contributed by atoms with van der Waals surface area (Å²) in [6, 6.07) is -4.30. The number of aliphatic hydroxyl groups excluding tert-OH is 8. The second-order valence-corrected chi connectivity index (χ2v) is 11.2. The first-order valence-electron chi connectivity index (χ1n) is 13.8. The van der Waals surface area contributed by atoms with Crippen molar-refractivity contribution in [1.29, 1.82) is 0 Å². The van der Waals surface area contributed by atoms with Crippen LogP contribution in [0.2, 0.25) is 0 Å². The highest BCUT2D eigenvalue weighted by atomic mass is 16.8. The summed E-state index contributed by atoms with van der Waals surface area (Å²) < 4.78 is 34.4. The van der Waals surface area contributed by atoms with E-state index < -0.39 is 129 Å². The highest BCUT2D eigenvalue weighted by Gasteiger charge is 2.54. The molecule has 246 valence electrons. The van der Waals surface area contributed by atoms with Crippen molar-refractivity contribution in [3.63, 3.8) is 0 Å². The molecule has 1 aliphatic carbocycles. The first kappa shape index (κ1) is 34.1. The zero-order valence-electron chi connectivity index (χ0n) is 22.7. The van der Waals surface area contributed by atoms with Crippen LogP contribution >= 0.6 is 0 Å². The monoisotopic (exact) mass is 615 g/mol. The van der Waals surface area contributed by atoms with Crippen LogP contribution in [0.4, 0.5) is 0 Å². The summed E-state index contributed by atoms with van der Waals surface area (Å²) in [7, 11) is 0. The summed E-state index contributed by atoms with van der Waals surface area (Å²) in [5.41, 5.74) is 29.9. The van der Waals surface area contributed by atoms with Crippen molar-refractivity contribution >= 4 is 0 Å². The average Bonchev–Trinajstić information content (AvgIpc) is 3.27. The number of aliphatic hydroxyl groups is 8. The highest BCUT2D eigenvalue weighted by Crippen LogP contribution is 2.34. The smallest absolute Gasteiger partial charge is 0.187 e. The van der Waals surface area contributed by atoms with E-state index in [0.29, 0.717) is 0 Å². The second kappa shape index (κ2) is 14.1. The lowest BCUT2D eigenvalue weighted by molar-refractivity contribution is -0.310. The van der Waals surface area contributed by atoms with Gasteiger partial charge in [-0.3, -0.25) is 0 Å². The fourth-order valence-corrected chi connectivity index (χ4v) is 5.70. The van der Waals surface area contributed by atoms with Gasteiger partial charge in [-0.15, -0.1) is 0 Å². The van der Waals surface area contributed by atoms with Crippen molar-refractivity contribution in [3.05, 3.63) is 0 Å². The van der Waals surface area contributed by atoms with Gasteiger partial charge in [0.05, 0.1) is 31.4 Å². The van der Waals surface area contributed by atoms with Gasteiger partial charge >= 0.3 is 0 Å². The van der Waals surface area contributed by atoms with E-state index in [-0.39, 0.29) is 13.0 Å². The SMILES string of the molecule is NCC1OC(OC2C(O)[C@@H](OC3C(O)C(N)CC(N)C3OC3OC(CO)C(O)C(O)C3N)O[C@@H]2CO)C(N)C(O)C1O. The summed E-state index contributed by atoms with van der Waals surface area (Å²) in [5, 5.41) is 82.3. The predicted octanol–water partition coefficient (Wildman–Crippen LogP) is -8.86. The fourth-order valence-electron chi connectivity index (χ4n) is 5.70. The molecule has 0 amide bonds. The Morgan fingerprint density at radius 2 is 1.00 bits per heavy atom. The molecule has 4 rings (SSSR count). The van der Waals surface area contributed by atoms with Crippen LogP contribution in [0.25, 0.3) is 0 Å². The van der Waals surface area contributed by atoms with Crippen molar-refractivity contribution in [2.24, 2.45) is 28.7 Å². The van der Waals surface area contributed by atoms with Gasteiger partial charge in [-0.25, -0.2) is 0 Å². The maximum atomic E-state index is 11.1. The third-order valence-electron chi connectivity index (χ3n) is 8.32. The Morgan fingerprint density at radius 3 is 1.55 bits per heavy atom. The molecule has 1 saturated carbocycles. The van der Waals surface area contributed by atoms with Crippen molar-refractivity contribution in [2.45, 2.75) is 123 Å². The minimum Gasteiger partial charge on any atom is -0.394 e. The molecule has 0 bridgehead atoms. The number of nitrogens with two attached hydrogens (primary N) is 5. The van der Waals surface area contributed by atoms with Gasteiger partial charge in [0.1, 0.15) is 67.1 Å². The average molecular weight is 616 g/mol. The molecule has 4 aliphatic rings. The molecule has 18 N–H and O–H groups in total. The molecule has 19 heteroatoms. The van der Waals surface area contributed by atoms with E-state index in [1.54, 1.807) is 0 Å². The van der Waals surface area contributed by atoms with E-state index in [2.05, 4.69) is 0 Å². The number of rotatable bonds is 9. The Balaban J connectivity index is 1.50. The van der Waals surface area contributed by atoms with Crippen molar-refractivity contribution in [1.82, 2.24) is 0 Å². The molecule has 19 atom stereocenters. The van der Waals surface area contributed by atoms with Crippen LogP contribution < -0.4 is 28.7 Å². The summed E-state index contributed by atoms with van der Waals surface area (Å²) in [4.78, 5) is 0. The third kappa shape index (κ3) is 6.60. The lowest BCUT2D eigenvalue weighted by atomic mass is 9.84. The highest BCUT2D eigenvalue weighted by molar-refractivity contribution is 5.02. The number of hydrogen-bond acceptors (Lipinski definition) is 19. The van der Waals surface area contributed by atoms with E-state index in [1.165, 1.54) is 0 Å². The Kier molecular flexibility index (Phi) is 11.5. The Morgan fingerprint density at radius 1 is 0.524 bits per heavy atom. The lowest BCUT2D eigenvalue weighted by Gasteiger charge is -2.47. The second-order valence-electron chi connectivity index (χ2n) is 11.2. The topological polar surface area (TPSA) is 347 Å². The lowest BCUT2D eigenvalue weighted by Crippen LogP contribution is -2.68. The Hall–Kier alpha value is -0.760. The van der Waals surface area contributed by atoms with E-state index in [0.717, 1.165) is 0 Å². The van der Waals surface area contributed by atoms with Crippen LogP contribution in [0, 0.1) is 0 Å². The van der Waals surface area contributed by atoms with Gasteiger partial charge in [0.2, 0.25) is 0 Å². The van der Waals surface area contributed by atoms with Crippen LogP contribution in [0.5, 0.6) is 0 Å². The molecule has 19 nitrogen and oxygen atoms in total. The minimum atomic E-state index is -1.62. The summed E-state index contributed by atoms with van der Waals surface area (Å²) in [5.74, 6) is 0. The molecule has 3 aliphatic heterocycles. The largest absolute Gasteiger partial charge is 0.394 e. The van der Waals surface area contributed by atoms with E-state index >= 15 is 0 Å². The third-order valence-corrected chi connectivity index (χ3v) is 8.32. The number of hydrogen-bond donors (Lipinski definition) is 13. The molecule has 4 fully saturated rings. The molecule has 0 aromatic heterocycles. The molecular weight excluding hydrogens is 570 g/mol. The van der Waals surface area contributed by atoms with Gasteiger partial charge in [-0.2, -0.15) is 0 Å². The number of ether oxygens (including phenoxy) is 6. The summed E-state index contributed by atoms with van der Waals surface area (Å²) in [6.45, 7) is -1.49. The molecule has 0 spiro atoms. The van der Waals surface area contributed by atoms with E-state index in [4.69, 9.17) is 57.1 Å². The van der Waals surface area contributed by atoms with Crippen LogP contribution in [0.15, 0.2) is 0 Å². The molecule has 0 radical (unpaired) electrons. The van der Waals surface area contributed by atoms with Crippen LogP contribution in [-0.4, -0.2) is 177 Å². The quantitative estimate of drug-likeness (QED) is 0.114. The van der Waals surface area contributed by atoms with Gasteiger partial charge in [0, 0.05) is 18.6 Å². The van der Waals surface area contributed by atoms with Gasteiger partial charge < -0.3 is 97.9 Å². The maximum Gasteiger partial charge on any atom is 0.187 e. The molecule has 17 unspecified atom stereocenters. The minimum absolute atomic E-state index is 0.0642. The Labute approximate surface area is 240 Å². The van der Waals surface area contributed by atoms with Crippen molar-refractivity contribution in [3.8, 4) is 0 Å². The Bertz CT molecular complexity index is 866. The molecule has 0 aromatic carbocycles. The van der Waals surface area contributed by atoms with Gasteiger partial charge in [0.15, 0.2) is 18.9 Å². The van der Waals surface area contributed by atoms with Gasteiger partial charge in [-0.05, 0) is 6.42 Å². The van der Waals surface area contributed by atoms with Crippen LogP contribution in [0.3, 0.4) is 0 Å². The van der Waals surface area contributed by atoms with Crippen molar-refractivity contribution < 1.29 is 69.3 Å². The first-order valence-corrected chi connectivity index (χ1v) is 13.8. The normalized spacial score (nSPS) is 53.8. The first-order chi connectivity index (χ1) is 19.8. The summed E-state index contributed by atoms with van der Waals surface area (Å²) >= 11 is 0. The summed E-state index contributed by atoms with van der Waals surface area (Å²) in [6.07, 6.45) is -20.5. The molecular formula is C23H45N5O14. The van der Waals surface area contributed by atoms with Crippen molar-refractivity contribution in [2.75, 3.05) is 19.8 Å². The van der Waals surface area contributed by atoms with Gasteiger partial charge in [0.25, 0.3) is 0 Å². The van der Waals surface area contributed by atoms with Crippen LogP contribution in [-0.2, 0) is 28.4 Å². The molecule has 42 heavy (non-hydrogen) atoms. The maximum absolute atomic E-state index is 11.1. The predicted molar refractivity (Wildman–Crippen MR) is 136 cm³/mol. The zero-order valence-corrected chi connectivity index (χ0v) is 22.7. The van der Waals surface area contributed by atoms with Gasteiger partial charge in [-0.1, -0.05) is 0 Å². The standard InChI is InChI=1S/C23H45N5O14/c24-2-7-13(32)15(34)10(27)21(37-7)41-19-9(4-30)39-23(17(19)36)42-20-12(31)5(25)1-6(26)18(20)40-22-11(28)16(35)14(33)8(3-29)38-22/h5-23,29-36H,1-4,24-28H2/t5?,6?,7?,8?,9-,10?,11?,12?,13?,14?,15?,16?,17?,18?,19?,20?,21?,22?,23-/m1/s1. The van der Waals surface area contributed by atoms with E-state index in [9.17, 15) is 40.9 Å². The van der Waals surface area contributed by atoms with E-state index in [1.807, 2.05) is 0 Å². The zero-order chi connectivity index (χ0) is 31.0.